The third-order valence-electron chi connectivity index (χ3n) is 2.73. The lowest BCUT2D eigenvalue weighted by molar-refractivity contribution is -0.115. The molecule has 0 aliphatic carbocycles. The zero-order valence-corrected chi connectivity index (χ0v) is 10.6. The van der Waals surface area contributed by atoms with Crippen LogP contribution >= 0.6 is 0 Å². The molecule has 1 amide bonds. The summed E-state index contributed by atoms with van der Waals surface area (Å²) in [6, 6.07) is 11.5. The lowest BCUT2D eigenvalue weighted by Crippen LogP contribution is -2.14. The molecule has 0 aromatic heterocycles. The molecule has 0 bridgehead atoms. The first-order chi connectivity index (χ1) is 9.04. The van der Waals surface area contributed by atoms with Crippen LogP contribution in [0.2, 0.25) is 0 Å². The molecule has 4 nitrogen and oxygen atoms in total. The van der Waals surface area contributed by atoms with Crippen LogP contribution in [-0.4, -0.2) is 16.1 Å². The van der Waals surface area contributed by atoms with Gasteiger partial charge in [0.1, 0.15) is 11.5 Å². The van der Waals surface area contributed by atoms with Gasteiger partial charge in [0, 0.05) is 0 Å². The Balaban J connectivity index is 2.03. The van der Waals surface area contributed by atoms with Crippen molar-refractivity contribution in [3.8, 4) is 11.5 Å². The normalized spacial score (nSPS) is 10.2. The van der Waals surface area contributed by atoms with Crippen molar-refractivity contribution < 1.29 is 15.0 Å². The van der Waals surface area contributed by atoms with E-state index >= 15 is 0 Å². The second kappa shape index (κ2) is 5.44. The summed E-state index contributed by atoms with van der Waals surface area (Å²) in [6.45, 7) is 1.86. The number of anilines is 1. The van der Waals surface area contributed by atoms with Gasteiger partial charge < -0.3 is 15.5 Å². The Morgan fingerprint density at radius 3 is 2.42 bits per heavy atom. The van der Waals surface area contributed by atoms with Crippen LogP contribution in [0.15, 0.2) is 42.5 Å². The fraction of sp³-hybridized carbons (Fsp3) is 0.133. The van der Waals surface area contributed by atoms with E-state index in [1.54, 1.807) is 24.3 Å². The van der Waals surface area contributed by atoms with E-state index in [1.807, 2.05) is 13.0 Å². The lowest BCUT2D eigenvalue weighted by Gasteiger charge is -2.08. The highest BCUT2D eigenvalue weighted by molar-refractivity contribution is 5.93. The molecule has 3 N–H and O–H groups in total. The SMILES string of the molecule is Cc1ccc(NC(=O)Cc2ccc(O)cc2)c(O)c1. The molecule has 0 radical (unpaired) electrons. The fourth-order valence-corrected chi connectivity index (χ4v) is 1.74. The molecule has 0 aliphatic heterocycles. The predicted molar refractivity (Wildman–Crippen MR) is 73.3 cm³/mol. The maximum absolute atomic E-state index is 11.8. The molecule has 0 saturated heterocycles. The van der Waals surface area contributed by atoms with Crippen molar-refractivity contribution in [2.75, 3.05) is 5.32 Å². The number of nitrogens with one attached hydrogen (secondary N) is 1. The van der Waals surface area contributed by atoms with Crippen molar-refractivity contribution >= 4 is 11.6 Å². The summed E-state index contributed by atoms with van der Waals surface area (Å²) >= 11 is 0. The number of hydrogen-bond donors (Lipinski definition) is 3. The van der Waals surface area contributed by atoms with Crippen LogP contribution in [0.5, 0.6) is 11.5 Å². The molecule has 0 heterocycles. The monoisotopic (exact) mass is 257 g/mol. The molecule has 2 rings (SSSR count). The third kappa shape index (κ3) is 3.48. The van der Waals surface area contributed by atoms with Crippen LogP contribution in [0, 0.1) is 6.92 Å². The molecule has 19 heavy (non-hydrogen) atoms. The number of carbonyl (C=O) groups is 1. The zero-order chi connectivity index (χ0) is 13.8. The highest BCUT2D eigenvalue weighted by atomic mass is 16.3. The summed E-state index contributed by atoms with van der Waals surface area (Å²) in [5.41, 5.74) is 2.12. The summed E-state index contributed by atoms with van der Waals surface area (Å²) in [5, 5.41) is 21.5. The fourth-order valence-electron chi connectivity index (χ4n) is 1.74. The van der Waals surface area contributed by atoms with Crippen molar-refractivity contribution in [3.63, 3.8) is 0 Å². The molecule has 2 aromatic carbocycles. The quantitative estimate of drug-likeness (QED) is 0.740. The topological polar surface area (TPSA) is 69.6 Å². The number of phenolic OH excluding ortho intramolecular Hbond substituents is 2. The molecule has 4 heteroatoms. The van der Waals surface area contributed by atoms with Crippen LogP contribution < -0.4 is 5.32 Å². The highest BCUT2D eigenvalue weighted by Crippen LogP contribution is 2.24. The Hall–Kier alpha value is -2.49. The Morgan fingerprint density at radius 1 is 1.11 bits per heavy atom. The Morgan fingerprint density at radius 2 is 1.79 bits per heavy atom. The Kier molecular flexibility index (Phi) is 3.71. The second-order valence-corrected chi connectivity index (χ2v) is 4.41. The molecule has 0 spiro atoms. The van der Waals surface area contributed by atoms with E-state index in [2.05, 4.69) is 5.32 Å². The third-order valence-corrected chi connectivity index (χ3v) is 2.73. The van der Waals surface area contributed by atoms with Crippen LogP contribution in [0.3, 0.4) is 0 Å². The minimum atomic E-state index is -0.218. The first-order valence-electron chi connectivity index (χ1n) is 5.92. The summed E-state index contributed by atoms with van der Waals surface area (Å²) in [4.78, 5) is 11.8. The van der Waals surface area contributed by atoms with Gasteiger partial charge in [-0.05, 0) is 42.3 Å². The van der Waals surface area contributed by atoms with Crippen molar-refractivity contribution in [3.05, 3.63) is 53.6 Å². The van der Waals surface area contributed by atoms with Gasteiger partial charge in [0.2, 0.25) is 5.91 Å². The van der Waals surface area contributed by atoms with E-state index in [-0.39, 0.29) is 23.8 Å². The van der Waals surface area contributed by atoms with E-state index in [4.69, 9.17) is 5.11 Å². The number of amides is 1. The van der Waals surface area contributed by atoms with Gasteiger partial charge in [-0.3, -0.25) is 4.79 Å². The van der Waals surface area contributed by atoms with Crippen LogP contribution in [0.4, 0.5) is 5.69 Å². The van der Waals surface area contributed by atoms with Gasteiger partial charge in [-0.2, -0.15) is 0 Å². The van der Waals surface area contributed by atoms with E-state index in [0.29, 0.717) is 5.69 Å². The van der Waals surface area contributed by atoms with Crippen molar-refractivity contribution in [2.45, 2.75) is 13.3 Å². The minimum absolute atomic E-state index is 0.0547. The van der Waals surface area contributed by atoms with Gasteiger partial charge >= 0.3 is 0 Å². The van der Waals surface area contributed by atoms with E-state index in [9.17, 15) is 9.90 Å². The maximum Gasteiger partial charge on any atom is 0.228 e. The smallest absolute Gasteiger partial charge is 0.228 e. The molecule has 0 fully saturated rings. The number of aromatic hydroxyl groups is 2. The molecule has 0 saturated carbocycles. The number of hydrogen-bond acceptors (Lipinski definition) is 3. The van der Waals surface area contributed by atoms with Crippen LogP contribution in [-0.2, 0) is 11.2 Å². The maximum atomic E-state index is 11.8. The molecule has 0 atom stereocenters. The number of rotatable bonds is 3. The minimum Gasteiger partial charge on any atom is -0.508 e. The lowest BCUT2D eigenvalue weighted by atomic mass is 10.1. The standard InChI is InChI=1S/C15H15NO3/c1-10-2-7-13(14(18)8-10)16-15(19)9-11-3-5-12(17)6-4-11/h2-8,17-18H,9H2,1H3,(H,16,19). The average Bonchev–Trinajstić information content (AvgIpc) is 2.36. The summed E-state index contributed by atoms with van der Waals surface area (Å²) in [5.74, 6) is 0.00392. The molecule has 0 aliphatic rings. The summed E-state index contributed by atoms with van der Waals surface area (Å²) in [6.07, 6.45) is 0.188. The molecule has 98 valence electrons. The van der Waals surface area contributed by atoms with Gasteiger partial charge in [-0.15, -0.1) is 0 Å². The first kappa shape index (κ1) is 13.0. The van der Waals surface area contributed by atoms with Gasteiger partial charge in [-0.1, -0.05) is 18.2 Å². The summed E-state index contributed by atoms with van der Waals surface area (Å²) in [7, 11) is 0. The van der Waals surface area contributed by atoms with Gasteiger partial charge in [-0.25, -0.2) is 0 Å². The predicted octanol–water partition coefficient (Wildman–Crippen LogP) is 2.59. The number of phenols is 2. The van der Waals surface area contributed by atoms with E-state index in [0.717, 1.165) is 11.1 Å². The number of carbonyl (C=O) groups excluding carboxylic acids is 1. The zero-order valence-electron chi connectivity index (χ0n) is 10.6. The highest BCUT2D eigenvalue weighted by Gasteiger charge is 2.07. The van der Waals surface area contributed by atoms with E-state index < -0.39 is 0 Å². The molecule has 0 unspecified atom stereocenters. The molecular weight excluding hydrogens is 242 g/mol. The Bertz CT molecular complexity index is 591. The summed E-state index contributed by atoms with van der Waals surface area (Å²) < 4.78 is 0. The number of benzene rings is 2. The number of aryl methyl sites for hydroxylation is 1. The second-order valence-electron chi connectivity index (χ2n) is 4.41. The van der Waals surface area contributed by atoms with Gasteiger partial charge in [0.15, 0.2) is 0 Å². The average molecular weight is 257 g/mol. The largest absolute Gasteiger partial charge is 0.508 e. The van der Waals surface area contributed by atoms with Crippen LogP contribution in [0.1, 0.15) is 11.1 Å². The van der Waals surface area contributed by atoms with Crippen molar-refractivity contribution in [2.24, 2.45) is 0 Å². The first-order valence-corrected chi connectivity index (χ1v) is 5.92. The van der Waals surface area contributed by atoms with Crippen LogP contribution in [0.25, 0.3) is 0 Å². The van der Waals surface area contributed by atoms with Crippen molar-refractivity contribution in [1.29, 1.82) is 0 Å². The Labute approximate surface area is 111 Å². The molecular formula is C15H15NO3. The van der Waals surface area contributed by atoms with E-state index in [1.165, 1.54) is 12.1 Å². The molecule has 2 aromatic rings. The van der Waals surface area contributed by atoms with Gasteiger partial charge in [0.05, 0.1) is 12.1 Å². The van der Waals surface area contributed by atoms with Crippen molar-refractivity contribution in [1.82, 2.24) is 0 Å². The van der Waals surface area contributed by atoms with Gasteiger partial charge in [0.25, 0.3) is 0 Å².